The number of rotatable bonds is 15. The maximum absolute atomic E-state index is 13.7. The fraction of sp³-hybridized carbons (Fsp3) is 0.615. The molecular formula is C39H52O8. The number of esters is 3. The summed E-state index contributed by atoms with van der Waals surface area (Å²) in [6.45, 7) is 2.20. The second kappa shape index (κ2) is 17.1. The zero-order valence-corrected chi connectivity index (χ0v) is 28.1. The van der Waals surface area contributed by atoms with Crippen molar-refractivity contribution in [1.82, 2.24) is 0 Å². The third kappa shape index (κ3) is 9.16. The van der Waals surface area contributed by atoms with Gasteiger partial charge in [0.2, 0.25) is 0 Å². The molecule has 2 aromatic carbocycles. The fourth-order valence-corrected chi connectivity index (χ4v) is 8.21. The van der Waals surface area contributed by atoms with E-state index in [1.165, 1.54) is 12.7 Å². The highest BCUT2D eigenvalue weighted by Gasteiger charge is 2.48. The van der Waals surface area contributed by atoms with Crippen LogP contribution in [0.4, 0.5) is 0 Å². The van der Waals surface area contributed by atoms with Gasteiger partial charge in [0.15, 0.2) is 6.61 Å². The molecule has 1 N–H and O–H groups in total. The van der Waals surface area contributed by atoms with Crippen molar-refractivity contribution in [2.45, 2.75) is 109 Å². The van der Waals surface area contributed by atoms with E-state index in [1.54, 1.807) is 0 Å². The Morgan fingerprint density at radius 2 is 1.68 bits per heavy atom. The predicted molar refractivity (Wildman–Crippen MR) is 177 cm³/mol. The van der Waals surface area contributed by atoms with Crippen LogP contribution in [0.15, 0.2) is 48.5 Å². The third-order valence-electron chi connectivity index (χ3n) is 10.7. The zero-order chi connectivity index (χ0) is 33.2. The minimum absolute atomic E-state index is 0.121. The normalized spacial score (nSPS) is 25.6. The Bertz CT molecular complexity index is 1330. The number of fused-ring (bicyclic) bond motifs is 2. The van der Waals surface area contributed by atoms with Gasteiger partial charge in [-0.1, -0.05) is 81.5 Å². The molecule has 2 aromatic rings. The molecule has 3 aliphatic carbocycles. The Kier molecular flexibility index (Phi) is 12.7. The van der Waals surface area contributed by atoms with Crippen LogP contribution in [-0.4, -0.2) is 48.9 Å². The van der Waals surface area contributed by atoms with E-state index in [9.17, 15) is 19.5 Å². The van der Waals surface area contributed by atoms with Gasteiger partial charge in [-0.25, -0.2) is 4.79 Å². The molecule has 3 aliphatic rings. The van der Waals surface area contributed by atoms with Crippen LogP contribution in [0.5, 0.6) is 5.75 Å². The van der Waals surface area contributed by atoms with Gasteiger partial charge in [-0.05, 0) is 91.9 Å². The van der Waals surface area contributed by atoms with Crippen molar-refractivity contribution in [2.24, 2.45) is 29.6 Å². The molecule has 7 atom stereocenters. The van der Waals surface area contributed by atoms with Crippen molar-refractivity contribution in [2.75, 3.05) is 13.7 Å². The Morgan fingerprint density at radius 3 is 2.43 bits per heavy atom. The molecule has 0 aromatic heterocycles. The second-order valence-electron chi connectivity index (χ2n) is 13.8. The highest BCUT2D eigenvalue weighted by Crippen LogP contribution is 2.50. The molecule has 0 spiro atoms. The van der Waals surface area contributed by atoms with Crippen molar-refractivity contribution in [3.63, 3.8) is 0 Å². The summed E-state index contributed by atoms with van der Waals surface area (Å²) in [6, 6.07) is 15.6. The summed E-state index contributed by atoms with van der Waals surface area (Å²) in [7, 11) is 1.38. The van der Waals surface area contributed by atoms with Gasteiger partial charge < -0.3 is 24.1 Å². The number of carbonyl (C=O) groups is 3. The molecule has 0 radical (unpaired) electrons. The molecule has 0 aliphatic heterocycles. The number of aliphatic hydroxyl groups excluding tert-OH is 1. The van der Waals surface area contributed by atoms with Crippen molar-refractivity contribution < 1.29 is 38.4 Å². The van der Waals surface area contributed by atoms with Crippen LogP contribution in [-0.2, 0) is 48.0 Å². The number of methoxy groups -OCH3 is 1. The molecule has 256 valence electrons. The third-order valence-corrected chi connectivity index (χ3v) is 10.7. The van der Waals surface area contributed by atoms with E-state index in [1.807, 2.05) is 42.5 Å². The van der Waals surface area contributed by atoms with Crippen LogP contribution < -0.4 is 4.74 Å². The Hall–Kier alpha value is -3.39. The van der Waals surface area contributed by atoms with Crippen molar-refractivity contribution >= 4 is 17.9 Å². The Balaban J connectivity index is 1.26. The van der Waals surface area contributed by atoms with E-state index < -0.39 is 17.8 Å². The van der Waals surface area contributed by atoms with Gasteiger partial charge >= 0.3 is 17.9 Å². The zero-order valence-electron chi connectivity index (χ0n) is 28.1. The van der Waals surface area contributed by atoms with E-state index >= 15 is 0 Å². The van der Waals surface area contributed by atoms with Gasteiger partial charge in [-0.2, -0.15) is 0 Å². The number of benzene rings is 2. The number of hydrogen-bond acceptors (Lipinski definition) is 8. The molecule has 8 nitrogen and oxygen atoms in total. The molecule has 0 amide bonds. The molecule has 2 fully saturated rings. The highest BCUT2D eigenvalue weighted by atomic mass is 16.6. The topological polar surface area (TPSA) is 108 Å². The minimum Gasteiger partial charge on any atom is -0.482 e. The van der Waals surface area contributed by atoms with Gasteiger partial charge in [0.25, 0.3) is 0 Å². The van der Waals surface area contributed by atoms with Gasteiger partial charge in [0, 0.05) is 0 Å². The average molecular weight is 649 g/mol. The molecule has 0 bridgehead atoms. The molecule has 5 rings (SSSR count). The van der Waals surface area contributed by atoms with E-state index in [-0.39, 0.29) is 49.2 Å². The number of unbranched alkanes of at least 4 members (excludes halogenated alkanes) is 2. The SMILES string of the molecule is CCCCC[C@H](O)CC[C@@H]1[C@H]2Cc3cccc(OCC(=O)OCc4ccccc4)c3C[C@H]2C[C@H]1OC(=O)[C@@H]1CCCC[C@@H]1C(=O)OC. The Morgan fingerprint density at radius 1 is 0.915 bits per heavy atom. The molecule has 0 saturated heterocycles. The predicted octanol–water partition coefficient (Wildman–Crippen LogP) is 6.77. The Labute approximate surface area is 279 Å². The molecular weight excluding hydrogens is 596 g/mol. The first-order chi connectivity index (χ1) is 22.9. The van der Waals surface area contributed by atoms with Gasteiger partial charge in [-0.3, -0.25) is 9.59 Å². The molecule has 47 heavy (non-hydrogen) atoms. The first kappa shape index (κ1) is 34.9. The second-order valence-corrected chi connectivity index (χ2v) is 13.8. The highest BCUT2D eigenvalue weighted by molar-refractivity contribution is 5.82. The minimum atomic E-state index is -0.474. The standard InChI is InChI=1S/C39H52O8/c1-3-4-6-15-29(40)19-20-30-33-21-27-14-11-18-35(45-25-37(41)46-24-26-12-7-5-8-13-26)34(27)22-28(33)23-36(30)47-39(43)32-17-10-9-16-31(32)38(42)44-2/h5,7-8,11-14,18,28-33,36,40H,3-4,6,9-10,15-17,19-25H2,1-2H3/t28-,29-,30+,31-,32+,33-,36+/m0/s1. The smallest absolute Gasteiger partial charge is 0.344 e. The number of carbonyl (C=O) groups excluding carboxylic acids is 3. The van der Waals surface area contributed by atoms with Gasteiger partial charge in [0.05, 0.1) is 25.0 Å². The van der Waals surface area contributed by atoms with Crippen molar-refractivity contribution in [3.8, 4) is 5.75 Å². The number of hydrogen-bond donors (Lipinski definition) is 1. The van der Waals surface area contributed by atoms with Gasteiger partial charge in [-0.15, -0.1) is 0 Å². The average Bonchev–Trinajstić information content (AvgIpc) is 3.43. The van der Waals surface area contributed by atoms with E-state index in [2.05, 4.69) is 13.0 Å². The van der Waals surface area contributed by atoms with Crippen LogP contribution in [0.2, 0.25) is 0 Å². The summed E-state index contributed by atoms with van der Waals surface area (Å²) >= 11 is 0. The van der Waals surface area contributed by atoms with Crippen LogP contribution in [0.3, 0.4) is 0 Å². The first-order valence-corrected chi connectivity index (χ1v) is 17.8. The molecule has 8 heteroatoms. The fourth-order valence-electron chi connectivity index (χ4n) is 8.21. The lowest BCUT2D eigenvalue weighted by atomic mass is 9.73. The maximum atomic E-state index is 13.7. The van der Waals surface area contributed by atoms with Crippen molar-refractivity contribution in [1.29, 1.82) is 0 Å². The molecule has 0 unspecified atom stereocenters. The summed E-state index contributed by atoms with van der Waals surface area (Å²) in [4.78, 5) is 38.7. The van der Waals surface area contributed by atoms with E-state index in [0.29, 0.717) is 30.9 Å². The van der Waals surface area contributed by atoms with Crippen LogP contribution in [0.1, 0.15) is 94.2 Å². The lowest BCUT2D eigenvalue weighted by Gasteiger charge is -2.33. The maximum Gasteiger partial charge on any atom is 0.344 e. The van der Waals surface area contributed by atoms with Crippen LogP contribution >= 0.6 is 0 Å². The van der Waals surface area contributed by atoms with Gasteiger partial charge in [0.1, 0.15) is 18.5 Å². The van der Waals surface area contributed by atoms with E-state index in [4.69, 9.17) is 18.9 Å². The largest absolute Gasteiger partial charge is 0.482 e. The van der Waals surface area contributed by atoms with Crippen LogP contribution in [0.25, 0.3) is 0 Å². The number of aliphatic hydroxyl groups is 1. The molecule has 0 heterocycles. The summed E-state index contributed by atoms with van der Waals surface area (Å²) in [6.07, 6.45) is 10.3. The summed E-state index contributed by atoms with van der Waals surface area (Å²) in [5.74, 6) is -0.557. The van der Waals surface area contributed by atoms with Crippen molar-refractivity contribution in [3.05, 3.63) is 65.2 Å². The van der Waals surface area contributed by atoms with Crippen LogP contribution in [0, 0.1) is 29.6 Å². The molecule has 2 saturated carbocycles. The monoisotopic (exact) mass is 648 g/mol. The summed E-state index contributed by atoms with van der Waals surface area (Å²) in [5, 5.41) is 10.8. The quantitative estimate of drug-likeness (QED) is 0.128. The van der Waals surface area contributed by atoms with E-state index in [0.717, 1.165) is 75.3 Å². The first-order valence-electron chi connectivity index (χ1n) is 17.8. The summed E-state index contributed by atoms with van der Waals surface area (Å²) in [5.41, 5.74) is 3.22. The lowest BCUT2D eigenvalue weighted by molar-refractivity contribution is -0.166. The summed E-state index contributed by atoms with van der Waals surface area (Å²) < 4.78 is 22.9. The number of ether oxygens (including phenoxy) is 4. The lowest BCUT2D eigenvalue weighted by Crippen LogP contribution is -2.37.